The second kappa shape index (κ2) is 14.0. The van der Waals surface area contributed by atoms with E-state index in [9.17, 15) is 0 Å². The Hall–Kier alpha value is 1.03. The molecule has 0 saturated carbocycles. The van der Waals surface area contributed by atoms with Gasteiger partial charge in [-0.05, 0) is 0 Å². The summed E-state index contributed by atoms with van der Waals surface area (Å²) < 4.78 is 14.9. The third kappa shape index (κ3) is 10.4. The van der Waals surface area contributed by atoms with Crippen molar-refractivity contribution in [1.29, 1.82) is 0 Å². The summed E-state index contributed by atoms with van der Waals surface area (Å²) in [6.07, 6.45) is 5.73. The van der Waals surface area contributed by atoms with Gasteiger partial charge in [-0.2, -0.15) is 0 Å². The van der Waals surface area contributed by atoms with Gasteiger partial charge >= 0.3 is 129 Å². The molecule has 0 rings (SSSR count). The van der Waals surface area contributed by atoms with Crippen molar-refractivity contribution in [3.05, 3.63) is 0 Å². The molecule has 3 nitrogen and oxygen atoms in total. The normalized spacial score (nSPS) is 12.0. The van der Waals surface area contributed by atoms with E-state index in [1.54, 1.807) is 0 Å². The van der Waals surface area contributed by atoms with Crippen molar-refractivity contribution in [1.82, 2.24) is 0 Å². The van der Waals surface area contributed by atoms with Crippen LogP contribution in [0.2, 0.25) is 4.44 Å². The first kappa shape index (κ1) is 20.0. The molecule has 2 N–H and O–H groups in total. The van der Waals surface area contributed by atoms with E-state index in [0.29, 0.717) is 0 Å². The Morgan fingerprint density at radius 1 is 0.947 bits per heavy atom. The zero-order chi connectivity index (χ0) is 14.4. The summed E-state index contributed by atoms with van der Waals surface area (Å²) in [7, 11) is 0. The molecule has 0 aromatic carbocycles. The summed E-state index contributed by atoms with van der Waals surface area (Å²) >= 11 is -0.873. The molecule has 0 radical (unpaired) electrons. The van der Waals surface area contributed by atoms with Crippen LogP contribution in [0.25, 0.3) is 0 Å². The van der Waals surface area contributed by atoms with Gasteiger partial charge in [0.15, 0.2) is 0 Å². The second-order valence-corrected chi connectivity index (χ2v) is 16.9. The molecule has 0 heterocycles. The van der Waals surface area contributed by atoms with Crippen molar-refractivity contribution in [2.75, 3.05) is 29.3 Å². The topological polar surface area (TPSA) is 44.5 Å². The number of nitrogens with two attached hydrogens (primary N) is 1. The van der Waals surface area contributed by atoms with E-state index in [-0.39, 0.29) is 0 Å². The summed E-state index contributed by atoms with van der Waals surface area (Å²) in [4.78, 5) is 0. The summed E-state index contributed by atoms with van der Waals surface area (Å²) in [5.74, 6) is 1.15. The Bertz CT molecular complexity index is 176. The number of rotatable bonds is 14. The molecule has 19 heavy (non-hydrogen) atoms. The van der Waals surface area contributed by atoms with E-state index in [2.05, 4.69) is 20.8 Å². The predicted molar refractivity (Wildman–Crippen MR) is 89.0 cm³/mol. The molecule has 0 amide bonds. The molecule has 0 atom stereocenters. The third-order valence-electron chi connectivity index (χ3n) is 3.01. The average molecular weight is 398 g/mol. The van der Waals surface area contributed by atoms with Crippen LogP contribution in [0.15, 0.2) is 0 Å². The van der Waals surface area contributed by atoms with Gasteiger partial charge in [0, 0.05) is 0 Å². The predicted octanol–water partition coefficient (Wildman–Crippen LogP) is 3.70. The number of unbranched alkanes of at least 4 members (excludes halogenated alkanes) is 2. The summed E-state index contributed by atoms with van der Waals surface area (Å²) in [5, 5.41) is 0. The van der Waals surface area contributed by atoms with Crippen molar-refractivity contribution in [3.63, 3.8) is 0 Å². The molecule has 0 aromatic rings. The zero-order valence-electron chi connectivity index (χ0n) is 13.1. The number of hydrogen-bond donors (Lipinski definition) is 1. The van der Waals surface area contributed by atoms with Crippen LogP contribution >= 0.6 is 11.8 Å². The van der Waals surface area contributed by atoms with E-state index in [1.807, 2.05) is 11.8 Å². The van der Waals surface area contributed by atoms with Gasteiger partial charge in [0.1, 0.15) is 0 Å². The van der Waals surface area contributed by atoms with Crippen LogP contribution in [0.4, 0.5) is 0 Å². The van der Waals surface area contributed by atoms with Crippen LogP contribution in [-0.2, 0) is 6.15 Å². The first-order valence-corrected chi connectivity index (χ1v) is 15.3. The quantitative estimate of drug-likeness (QED) is 0.358. The molecule has 0 spiro atoms. The third-order valence-corrected chi connectivity index (χ3v) is 16.9. The van der Waals surface area contributed by atoms with Gasteiger partial charge in [-0.3, -0.25) is 0 Å². The number of thioether (sulfide) groups is 1. The first-order valence-electron chi connectivity index (χ1n) is 7.80. The SMILES string of the molecule is CCCC[O][Sn]([CH2]CCN)([CH2]SCC)[O]CCCC. The Morgan fingerprint density at radius 3 is 1.95 bits per heavy atom. The van der Waals surface area contributed by atoms with Crippen LogP contribution < -0.4 is 5.73 Å². The van der Waals surface area contributed by atoms with Gasteiger partial charge in [-0.1, -0.05) is 0 Å². The van der Waals surface area contributed by atoms with Gasteiger partial charge in [0.05, 0.1) is 0 Å². The van der Waals surface area contributed by atoms with Crippen molar-refractivity contribution in [3.8, 4) is 0 Å². The molecule has 0 aliphatic rings. The molecule has 0 aliphatic carbocycles. The summed E-state index contributed by atoms with van der Waals surface area (Å²) in [6, 6.07) is 0. The second-order valence-electron chi connectivity index (χ2n) is 4.84. The van der Waals surface area contributed by atoms with Crippen LogP contribution in [0, 0.1) is 0 Å². The van der Waals surface area contributed by atoms with E-state index < -0.39 is 19.2 Å². The Balaban J connectivity index is 4.44. The molecule has 0 fully saturated rings. The molecule has 0 bridgehead atoms. The van der Waals surface area contributed by atoms with Gasteiger partial charge in [-0.15, -0.1) is 0 Å². The van der Waals surface area contributed by atoms with Gasteiger partial charge in [0.2, 0.25) is 0 Å². The summed E-state index contributed by atoms with van der Waals surface area (Å²) in [5.41, 5.74) is 5.69. The van der Waals surface area contributed by atoms with Crippen molar-refractivity contribution >= 4 is 31.0 Å². The Labute approximate surface area is 129 Å². The fraction of sp³-hybridized carbons (Fsp3) is 1.00. The Morgan fingerprint density at radius 2 is 1.53 bits per heavy atom. The molecular formula is C14H33NO2SSn. The minimum atomic E-state index is -2.86. The van der Waals surface area contributed by atoms with Gasteiger partial charge in [0.25, 0.3) is 0 Å². The maximum atomic E-state index is 6.33. The summed E-state index contributed by atoms with van der Waals surface area (Å²) in [6.45, 7) is 9.14. The molecule has 0 unspecified atom stereocenters. The molecule has 0 aliphatic heterocycles. The zero-order valence-corrected chi connectivity index (χ0v) is 16.8. The van der Waals surface area contributed by atoms with E-state index in [4.69, 9.17) is 11.9 Å². The monoisotopic (exact) mass is 399 g/mol. The van der Waals surface area contributed by atoms with Crippen molar-refractivity contribution in [2.24, 2.45) is 5.73 Å². The van der Waals surface area contributed by atoms with E-state index in [1.165, 1.54) is 12.8 Å². The molecule has 0 saturated heterocycles. The van der Waals surface area contributed by atoms with Gasteiger partial charge < -0.3 is 0 Å². The van der Waals surface area contributed by atoms with Crippen LogP contribution in [0.1, 0.15) is 52.9 Å². The minimum absolute atomic E-state index is 0.754. The van der Waals surface area contributed by atoms with E-state index >= 15 is 0 Å². The van der Waals surface area contributed by atoms with Crippen LogP contribution in [0.3, 0.4) is 0 Å². The van der Waals surface area contributed by atoms with Crippen molar-refractivity contribution in [2.45, 2.75) is 57.3 Å². The number of hydrogen-bond acceptors (Lipinski definition) is 4. The fourth-order valence-corrected chi connectivity index (χ4v) is 15.8. The van der Waals surface area contributed by atoms with Crippen LogP contribution in [-0.4, -0.2) is 48.5 Å². The molecule has 5 heteroatoms. The fourth-order valence-electron chi connectivity index (χ4n) is 1.78. The van der Waals surface area contributed by atoms with E-state index in [0.717, 1.165) is 53.0 Å². The molecule has 116 valence electrons. The van der Waals surface area contributed by atoms with Crippen LogP contribution in [0.5, 0.6) is 0 Å². The molecular weight excluding hydrogens is 365 g/mol. The Kier molecular flexibility index (Phi) is 14.7. The first-order chi connectivity index (χ1) is 9.24. The van der Waals surface area contributed by atoms with Gasteiger partial charge in [-0.25, -0.2) is 0 Å². The van der Waals surface area contributed by atoms with Crippen molar-refractivity contribution < 1.29 is 6.15 Å². The standard InChI is InChI=1S/2C4H9O.C3H8N.C3H7S.Sn/c2*1-2-3-4-5;1-2-3-4;1-3-4-2;/h2*2-4H2,1H3;1-4H2;2-3H2,1H3;/q2*-1;;;+2. The maximum absolute atomic E-state index is 6.33. The average Bonchev–Trinajstić information content (AvgIpc) is 2.43. The molecule has 0 aromatic heterocycles.